The van der Waals surface area contributed by atoms with Crippen LogP contribution in [0.2, 0.25) is 0 Å². The molecule has 0 amide bonds. The van der Waals surface area contributed by atoms with Crippen LogP contribution in [-0.4, -0.2) is 42.4 Å². The van der Waals surface area contributed by atoms with Crippen LogP contribution in [0.15, 0.2) is 41.3 Å². The average molecular weight is 527 g/mol. The summed E-state index contributed by atoms with van der Waals surface area (Å²) < 4.78 is 31.8. The van der Waals surface area contributed by atoms with Crippen LogP contribution >= 0.6 is 0 Å². The summed E-state index contributed by atoms with van der Waals surface area (Å²) in [5.74, 6) is -1.17. The van der Waals surface area contributed by atoms with E-state index in [1.165, 1.54) is 25.7 Å². The molecular formula is C28H38N4O4S. The molecule has 0 aliphatic carbocycles. The molecule has 1 aliphatic heterocycles. The van der Waals surface area contributed by atoms with E-state index in [0.717, 1.165) is 29.3 Å². The molecule has 1 saturated heterocycles. The normalized spacial score (nSPS) is 16.0. The molecule has 1 atom stereocenters. The average Bonchev–Trinajstić information content (AvgIpc) is 3.46. The highest BCUT2D eigenvalue weighted by Gasteiger charge is 2.30. The third kappa shape index (κ3) is 5.92. The van der Waals surface area contributed by atoms with Gasteiger partial charge in [0.25, 0.3) is 10.0 Å². The number of rotatable bonds is 12. The lowest BCUT2D eigenvalue weighted by Crippen LogP contribution is -2.23. The van der Waals surface area contributed by atoms with Crippen LogP contribution in [0.1, 0.15) is 63.3 Å². The topological polar surface area (TPSA) is 105 Å². The number of aliphatic carboxylic acids is 1. The fourth-order valence-electron chi connectivity index (χ4n) is 5.35. The van der Waals surface area contributed by atoms with Gasteiger partial charge in [0, 0.05) is 36.1 Å². The van der Waals surface area contributed by atoms with E-state index >= 15 is 0 Å². The molecule has 0 spiro atoms. The molecule has 9 heteroatoms. The standard InChI is InChI=1S/C28H38N4O4S/c1-4-5-6-7-8-11-17-32-21(3)27(20(2)29-32)37(35,36)30-25-14-15-26(24-13-10-9-12-23(24)25)31-18-16-22(19-31)28(33)34/h9-10,12-15,22,30H,4-8,11,16-19H2,1-3H3,(H,33,34). The number of nitrogens with one attached hydrogen (secondary N) is 1. The first-order valence-corrected chi connectivity index (χ1v) is 14.8. The summed E-state index contributed by atoms with van der Waals surface area (Å²) in [5.41, 5.74) is 2.56. The Labute approximate surface area is 219 Å². The highest BCUT2D eigenvalue weighted by atomic mass is 32.2. The number of carboxylic acid groups (broad SMARTS) is 1. The fraction of sp³-hybridized carbons (Fsp3) is 0.500. The Balaban J connectivity index is 1.56. The number of hydrogen-bond acceptors (Lipinski definition) is 5. The second kappa shape index (κ2) is 11.5. The number of carbonyl (C=O) groups is 1. The number of benzene rings is 2. The maximum absolute atomic E-state index is 13.6. The maximum Gasteiger partial charge on any atom is 0.308 e. The van der Waals surface area contributed by atoms with Crippen molar-refractivity contribution in [2.24, 2.45) is 5.92 Å². The molecule has 1 aliphatic rings. The Bertz CT molecular complexity index is 1370. The summed E-state index contributed by atoms with van der Waals surface area (Å²) in [4.78, 5) is 13.7. The van der Waals surface area contributed by atoms with E-state index in [2.05, 4.69) is 21.6 Å². The lowest BCUT2D eigenvalue weighted by molar-refractivity contribution is -0.140. The summed E-state index contributed by atoms with van der Waals surface area (Å²) in [7, 11) is -3.86. The van der Waals surface area contributed by atoms with Crippen molar-refractivity contribution < 1.29 is 18.3 Å². The largest absolute Gasteiger partial charge is 0.481 e. The predicted molar refractivity (Wildman–Crippen MR) is 148 cm³/mol. The van der Waals surface area contributed by atoms with Crippen LogP contribution in [0.25, 0.3) is 10.8 Å². The number of nitrogens with zero attached hydrogens (tertiary/aromatic N) is 3. The number of hydrogen-bond donors (Lipinski definition) is 2. The lowest BCUT2D eigenvalue weighted by Gasteiger charge is -2.22. The van der Waals surface area contributed by atoms with Gasteiger partial charge in [-0.3, -0.25) is 14.2 Å². The van der Waals surface area contributed by atoms with Gasteiger partial charge in [-0.15, -0.1) is 0 Å². The van der Waals surface area contributed by atoms with E-state index in [9.17, 15) is 18.3 Å². The molecular weight excluding hydrogens is 488 g/mol. The van der Waals surface area contributed by atoms with Crippen molar-refractivity contribution >= 4 is 38.1 Å². The van der Waals surface area contributed by atoms with Gasteiger partial charge in [-0.1, -0.05) is 63.3 Å². The van der Waals surface area contributed by atoms with Gasteiger partial charge in [0.1, 0.15) is 4.90 Å². The second-order valence-electron chi connectivity index (χ2n) is 10.0. The summed E-state index contributed by atoms with van der Waals surface area (Å²) >= 11 is 0. The molecule has 1 unspecified atom stereocenters. The lowest BCUT2D eigenvalue weighted by atomic mass is 10.1. The SMILES string of the molecule is CCCCCCCCn1nc(C)c(S(=O)(=O)Nc2ccc(N3CCC(C(=O)O)C3)c3ccccc23)c1C. The number of anilines is 2. The van der Waals surface area contributed by atoms with Crippen LogP contribution in [-0.2, 0) is 21.4 Å². The van der Waals surface area contributed by atoms with Crippen molar-refractivity contribution in [1.29, 1.82) is 0 Å². The molecule has 0 bridgehead atoms. The summed E-state index contributed by atoms with van der Waals surface area (Å²) in [5, 5.41) is 15.6. The molecule has 3 aromatic rings. The van der Waals surface area contributed by atoms with Crippen molar-refractivity contribution in [1.82, 2.24) is 9.78 Å². The van der Waals surface area contributed by atoms with Crippen LogP contribution in [0.4, 0.5) is 11.4 Å². The number of sulfonamides is 1. The number of aryl methyl sites for hydroxylation is 2. The summed E-state index contributed by atoms with van der Waals surface area (Å²) in [6.45, 7) is 7.57. The smallest absolute Gasteiger partial charge is 0.308 e. The van der Waals surface area contributed by atoms with Crippen molar-refractivity contribution in [3.8, 4) is 0 Å². The van der Waals surface area contributed by atoms with E-state index in [4.69, 9.17) is 0 Å². The molecule has 2 N–H and O–H groups in total. The monoisotopic (exact) mass is 526 g/mol. The Hall–Kier alpha value is -3.07. The van der Waals surface area contributed by atoms with E-state index in [0.29, 0.717) is 43.1 Å². The first kappa shape index (κ1) is 27.0. The Kier molecular flexibility index (Phi) is 8.42. The summed E-state index contributed by atoms with van der Waals surface area (Å²) in [6.07, 6.45) is 7.58. The molecule has 0 saturated carbocycles. The highest BCUT2D eigenvalue weighted by molar-refractivity contribution is 7.92. The zero-order valence-electron chi connectivity index (χ0n) is 22.0. The Morgan fingerprint density at radius 3 is 2.46 bits per heavy atom. The highest BCUT2D eigenvalue weighted by Crippen LogP contribution is 2.36. The molecule has 37 heavy (non-hydrogen) atoms. The fourth-order valence-corrected chi connectivity index (χ4v) is 6.85. The molecule has 2 aromatic carbocycles. The quantitative estimate of drug-likeness (QED) is 0.292. The predicted octanol–water partition coefficient (Wildman–Crippen LogP) is 5.73. The number of aromatic nitrogens is 2. The first-order chi connectivity index (χ1) is 17.7. The Morgan fingerprint density at radius 1 is 1.05 bits per heavy atom. The number of carboxylic acids is 1. The number of unbranched alkanes of at least 4 members (excludes halogenated alkanes) is 5. The molecule has 200 valence electrons. The van der Waals surface area contributed by atoms with Crippen molar-refractivity contribution in [3.63, 3.8) is 0 Å². The first-order valence-electron chi connectivity index (χ1n) is 13.3. The Morgan fingerprint density at radius 2 is 1.76 bits per heavy atom. The van der Waals surface area contributed by atoms with Crippen LogP contribution < -0.4 is 9.62 Å². The van der Waals surface area contributed by atoms with E-state index in [-0.39, 0.29) is 4.90 Å². The zero-order valence-corrected chi connectivity index (χ0v) is 22.9. The molecule has 4 rings (SSSR count). The second-order valence-corrected chi connectivity index (χ2v) is 11.7. The maximum atomic E-state index is 13.6. The molecule has 8 nitrogen and oxygen atoms in total. The third-order valence-electron chi connectivity index (χ3n) is 7.33. The zero-order chi connectivity index (χ0) is 26.6. The van der Waals surface area contributed by atoms with Gasteiger partial charge in [-0.2, -0.15) is 5.10 Å². The molecule has 2 heterocycles. The van der Waals surface area contributed by atoms with Gasteiger partial charge in [-0.25, -0.2) is 8.42 Å². The van der Waals surface area contributed by atoms with Gasteiger partial charge in [0.2, 0.25) is 0 Å². The minimum Gasteiger partial charge on any atom is -0.481 e. The van der Waals surface area contributed by atoms with Crippen molar-refractivity contribution in [3.05, 3.63) is 47.8 Å². The number of fused-ring (bicyclic) bond motifs is 1. The third-order valence-corrected chi connectivity index (χ3v) is 8.95. The van der Waals surface area contributed by atoms with Gasteiger partial charge in [0.15, 0.2) is 0 Å². The minimum absolute atomic E-state index is 0.232. The van der Waals surface area contributed by atoms with Crippen LogP contribution in [0.5, 0.6) is 0 Å². The molecule has 1 aromatic heterocycles. The van der Waals surface area contributed by atoms with E-state index in [1.807, 2.05) is 41.9 Å². The van der Waals surface area contributed by atoms with Gasteiger partial charge in [-0.05, 0) is 38.8 Å². The van der Waals surface area contributed by atoms with E-state index in [1.54, 1.807) is 13.0 Å². The van der Waals surface area contributed by atoms with Gasteiger partial charge < -0.3 is 10.0 Å². The van der Waals surface area contributed by atoms with Crippen molar-refractivity contribution in [2.45, 2.75) is 77.2 Å². The van der Waals surface area contributed by atoms with Gasteiger partial charge in [0.05, 0.1) is 23.0 Å². The molecule has 1 fully saturated rings. The minimum atomic E-state index is -3.86. The van der Waals surface area contributed by atoms with Crippen LogP contribution in [0.3, 0.4) is 0 Å². The van der Waals surface area contributed by atoms with Crippen molar-refractivity contribution in [2.75, 3.05) is 22.7 Å². The molecule has 0 radical (unpaired) electrons. The van der Waals surface area contributed by atoms with Crippen LogP contribution in [0, 0.1) is 19.8 Å². The van der Waals surface area contributed by atoms with E-state index < -0.39 is 21.9 Å². The summed E-state index contributed by atoms with van der Waals surface area (Å²) in [6, 6.07) is 11.3. The van der Waals surface area contributed by atoms with Gasteiger partial charge >= 0.3 is 5.97 Å².